The van der Waals surface area contributed by atoms with Crippen LogP contribution in [0.5, 0.6) is 0 Å². The summed E-state index contributed by atoms with van der Waals surface area (Å²) in [5.74, 6) is 0.839. The molecular formula is C20H22N4O3S. The summed E-state index contributed by atoms with van der Waals surface area (Å²) in [6.45, 7) is 2.86. The van der Waals surface area contributed by atoms with E-state index in [0.29, 0.717) is 18.1 Å². The maximum Gasteiger partial charge on any atom is 0.175 e. The molecule has 7 nitrogen and oxygen atoms in total. The summed E-state index contributed by atoms with van der Waals surface area (Å²) in [6, 6.07) is 10.8. The quantitative estimate of drug-likeness (QED) is 0.710. The third-order valence-electron chi connectivity index (χ3n) is 4.85. The Labute approximate surface area is 164 Å². The highest BCUT2D eigenvalue weighted by atomic mass is 32.2. The topological polar surface area (TPSA) is 88.2 Å². The van der Waals surface area contributed by atoms with Crippen LogP contribution in [-0.2, 0) is 21.1 Å². The third-order valence-corrected chi connectivity index (χ3v) is 5.98. The van der Waals surface area contributed by atoms with E-state index in [4.69, 9.17) is 4.74 Å². The minimum absolute atomic E-state index is 0.0259. The molecule has 1 aromatic carbocycles. The molecule has 4 rings (SSSR count). The second kappa shape index (κ2) is 7.83. The van der Waals surface area contributed by atoms with Gasteiger partial charge in [0, 0.05) is 31.7 Å². The van der Waals surface area contributed by atoms with Gasteiger partial charge in [-0.2, -0.15) is 0 Å². The van der Waals surface area contributed by atoms with Crippen molar-refractivity contribution in [2.24, 2.45) is 0 Å². The van der Waals surface area contributed by atoms with E-state index in [9.17, 15) is 8.42 Å². The van der Waals surface area contributed by atoms with E-state index in [1.807, 2.05) is 12.3 Å². The predicted octanol–water partition coefficient (Wildman–Crippen LogP) is 2.45. The van der Waals surface area contributed by atoms with Crippen LogP contribution in [0, 0.1) is 0 Å². The zero-order valence-corrected chi connectivity index (χ0v) is 16.4. The summed E-state index contributed by atoms with van der Waals surface area (Å²) in [5.41, 5.74) is 2.89. The Kier molecular flexibility index (Phi) is 5.25. The molecule has 1 unspecified atom stereocenters. The van der Waals surface area contributed by atoms with Gasteiger partial charge in [0.1, 0.15) is 5.82 Å². The van der Waals surface area contributed by atoms with Crippen LogP contribution in [0.2, 0.25) is 0 Å². The van der Waals surface area contributed by atoms with Gasteiger partial charge in [-0.05, 0) is 29.3 Å². The van der Waals surface area contributed by atoms with Gasteiger partial charge in [-0.3, -0.25) is 9.88 Å². The molecule has 0 spiro atoms. The van der Waals surface area contributed by atoms with Crippen LogP contribution in [-0.4, -0.2) is 54.3 Å². The second-order valence-corrected chi connectivity index (χ2v) is 8.92. The van der Waals surface area contributed by atoms with Crippen LogP contribution in [0.1, 0.15) is 17.4 Å². The molecule has 146 valence electrons. The van der Waals surface area contributed by atoms with E-state index < -0.39 is 9.84 Å². The Balaban J connectivity index is 1.55. The molecule has 3 aromatic rings. The summed E-state index contributed by atoms with van der Waals surface area (Å²) in [7, 11) is -3.20. The molecule has 1 aliphatic rings. The Morgan fingerprint density at radius 2 is 2.04 bits per heavy atom. The summed E-state index contributed by atoms with van der Waals surface area (Å²) in [5, 5.41) is 0. The van der Waals surface area contributed by atoms with E-state index in [1.54, 1.807) is 36.7 Å². The molecule has 2 aromatic heterocycles. The number of aromatic nitrogens is 3. The first kappa shape index (κ1) is 18.8. The first-order valence-corrected chi connectivity index (χ1v) is 11.0. The lowest BCUT2D eigenvalue weighted by Crippen LogP contribution is -2.39. The first-order valence-electron chi connectivity index (χ1n) is 9.07. The molecule has 8 heteroatoms. The van der Waals surface area contributed by atoms with Gasteiger partial charge in [0.05, 0.1) is 36.0 Å². The smallest absolute Gasteiger partial charge is 0.175 e. The van der Waals surface area contributed by atoms with Crippen molar-refractivity contribution in [2.45, 2.75) is 17.5 Å². The number of aromatic amines is 1. The van der Waals surface area contributed by atoms with Crippen molar-refractivity contribution in [1.82, 2.24) is 19.9 Å². The number of morpholine rings is 1. The maximum absolute atomic E-state index is 11.6. The first-order chi connectivity index (χ1) is 13.5. The highest BCUT2D eigenvalue weighted by Gasteiger charge is 2.27. The zero-order chi connectivity index (χ0) is 19.6. The number of ether oxygens (including phenoxy) is 1. The average Bonchev–Trinajstić information content (AvgIpc) is 3.19. The lowest BCUT2D eigenvalue weighted by Gasteiger charge is -2.34. The molecule has 0 aliphatic carbocycles. The minimum atomic E-state index is -3.20. The van der Waals surface area contributed by atoms with Gasteiger partial charge >= 0.3 is 0 Å². The van der Waals surface area contributed by atoms with Crippen LogP contribution in [0.15, 0.2) is 59.9 Å². The number of rotatable bonds is 5. The lowest BCUT2D eigenvalue weighted by molar-refractivity contribution is -0.0156. The van der Waals surface area contributed by atoms with E-state index in [2.05, 4.69) is 25.9 Å². The molecule has 0 radical (unpaired) electrons. The maximum atomic E-state index is 11.6. The van der Waals surface area contributed by atoms with Crippen molar-refractivity contribution in [3.05, 3.63) is 66.4 Å². The summed E-state index contributed by atoms with van der Waals surface area (Å²) < 4.78 is 29.0. The number of hydrogen-bond acceptors (Lipinski definition) is 6. The number of nitrogens with zero attached hydrogens (tertiary/aromatic N) is 3. The van der Waals surface area contributed by atoms with E-state index in [0.717, 1.165) is 35.7 Å². The fourth-order valence-corrected chi connectivity index (χ4v) is 3.97. The normalized spacial score (nSPS) is 18.2. The lowest BCUT2D eigenvalue weighted by atomic mass is 10.1. The van der Waals surface area contributed by atoms with Gasteiger partial charge in [-0.15, -0.1) is 0 Å². The monoisotopic (exact) mass is 398 g/mol. The Morgan fingerprint density at radius 3 is 2.75 bits per heavy atom. The van der Waals surface area contributed by atoms with Gasteiger partial charge in [0.2, 0.25) is 0 Å². The zero-order valence-electron chi connectivity index (χ0n) is 15.6. The van der Waals surface area contributed by atoms with Gasteiger partial charge in [-0.1, -0.05) is 18.2 Å². The van der Waals surface area contributed by atoms with Crippen molar-refractivity contribution < 1.29 is 13.2 Å². The highest BCUT2D eigenvalue weighted by molar-refractivity contribution is 7.90. The fourth-order valence-electron chi connectivity index (χ4n) is 3.34. The van der Waals surface area contributed by atoms with Crippen LogP contribution in [0.3, 0.4) is 0 Å². The standard InChI is InChI=1S/C20H22N4O3S/c1-28(25,26)17-6-4-16(5-7-17)18-12-22-20(23-18)19-14-27-10-9-24(19)13-15-3-2-8-21-11-15/h2-8,11-12,19H,9-10,13-14H2,1H3,(H,22,23). The number of pyridine rings is 1. The Bertz CT molecular complexity index is 1030. The van der Waals surface area contributed by atoms with Crippen LogP contribution < -0.4 is 0 Å². The molecule has 0 saturated carbocycles. The van der Waals surface area contributed by atoms with Crippen molar-refractivity contribution in [2.75, 3.05) is 26.0 Å². The Morgan fingerprint density at radius 1 is 1.21 bits per heavy atom. The van der Waals surface area contributed by atoms with Crippen molar-refractivity contribution >= 4 is 9.84 Å². The van der Waals surface area contributed by atoms with Gasteiger partial charge in [-0.25, -0.2) is 13.4 Å². The van der Waals surface area contributed by atoms with E-state index in [1.165, 1.54) is 6.26 Å². The number of sulfone groups is 1. The average molecular weight is 398 g/mol. The summed E-state index contributed by atoms with van der Waals surface area (Å²) in [4.78, 5) is 14.8. The van der Waals surface area contributed by atoms with Gasteiger partial charge < -0.3 is 9.72 Å². The summed E-state index contributed by atoms with van der Waals surface area (Å²) in [6.07, 6.45) is 6.63. The number of nitrogens with one attached hydrogen (secondary N) is 1. The molecule has 3 heterocycles. The number of benzene rings is 1. The van der Waals surface area contributed by atoms with Crippen molar-refractivity contribution in [3.63, 3.8) is 0 Å². The van der Waals surface area contributed by atoms with Crippen LogP contribution >= 0.6 is 0 Å². The minimum Gasteiger partial charge on any atom is -0.378 e. The second-order valence-electron chi connectivity index (χ2n) is 6.90. The molecule has 1 saturated heterocycles. The van der Waals surface area contributed by atoms with Crippen molar-refractivity contribution in [1.29, 1.82) is 0 Å². The van der Waals surface area contributed by atoms with Gasteiger partial charge in [0.15, 0.2) is 9.84 Å². The molecular weight excluding hydrogens is 376 g/mol. The number of imidazole rings is 1. The SMILES string of the molecule is CS(=O)(=O)c1ccc(-c2cnc(C3COCCN3Cc3cccnc3)[nH]2)cc1. The molecule has 0 amide bonds. The highest BCUT2D eigenvalue weighted by Crippen LogP contribution is 2.27. The van der Waals surface area contributed by atoms with E-state index in [-0.39, 0.29) is 6.04 Å². The summed E-state index contributed by atoms with van der Waals surface area (Å²) >= 11 is 0. The molecule has 0 bridgehead atoms. The van der Waals surface area contributed by atoms with E-state index >= 15 is 0 Å². The van der Waals surface area contributed by atoms with Gasteiger partial charge in [0.25, 0.3) is 0 Å². The predicted molar refractivity (Wildman–Crippen MR) is 105 cm³/mol. The number of H-pyrrole nitrogens is 1. The molecule has 1 fully saturated rings. The molecule has 1 atom stereocenters. The number of hydrogen-bond donors (Lipinski definition) is 1. The fraction of sp³-hybridized carbons (Fsp3) is 0.300. The third kappa shape index (κ3) is 4.14. The van der Waals surface area contributed by atoms with Crippen LogP contribution in [0.25, 0.3) is 11.3 Å². The Hall–Kier alpha value is -2.55. The van der Waals surface area contributed by atoms with Crippen LogP contribution in [0.4, 0.5) is 0 Å². The largest absolute Gasteiger partial charge is 0.378 e. The molecule has 28 heavy (non-hydrogen) atoms. The van der Waals surface area contributed by atoms with Crippen molar-refractivity contribution in [3.8, 4) is 11.3 Å². The molecule has 1 aliphatic heterocycles. The molecule has 1 N–H and O–H groups in total.